The van der Waals surface area contributed by atoms with Gasteiger partial charge in [0.05, 0.1) is 14.2 Å². The maximum absolute atomic E-state index is 13.0. The molecule has 118 valence electrons. The van der Waals surface area contributed by atoms with Gasteiger partial charge in [-0.25, -0.2) is 0 Å². The van der Waals surface area contributed by atoms with Crippen LogP contribution in [0.5, 0.6) is 11.5 Å². The fourth-order valence-electron chi connectivity index (χ4n) is 3.23. The van der Waals surface area contributed by atoms with Gasteiger partial charge in [-0.1, -0.05) is 30.3 Å². The van der Waals surface area contributed by atoms with Gasteiger partial charge in [0, 0.05) is 22.8 Å². The Hall–Kier alpha value is -3.07. The summed E-state index contributed by atoms with van der Waals surface area (Å²) in [6.07, 6.45) is 5.85. The van der Waals surface area contributed by atoms with Crippen LogP contribution in [0, 0.1) is 0 Å². The normalized spacial score (nSPS) is 15.1. The smallest absolute Gasteiger partial charge is 0.194 e. The number of ether oxygens (including phenoxy) is 2. The summed E-state index contributed by atoms with van der Waals surface area (Å²) in [6, 6.07) is 13.5. The first-order valence-electron chi connectivity index (χ1n) is 7.73. The zero-order chi connectivity index (χ0) is 16.7. The van der Waals surface area contributed by atoms with Crippen LogP contribution in [0.25, 0.3) is 17.2 Å². The molecule has 3 heteroatoms. The zero-order valence-corrected chi connectivity index (χ0v) is 13.5. The van der Waals surface area contributed by atoms with Crippen LogP contribution in [0.4, 0.5) is 0 Å². The van der Waals surface area contributed by atoms with Crippen molar-refractivity contribution in [2.75, 3.05) is 14.2 Å². The second kappa shape index (κ2) is 5.53. The fourth-order valence-corrected chi connectivity index (χ4v) is 3.23. The van der Waals surface area contributed by atoms with Crippen molar-refractivity contribution in [3.8, 4) is 11.5 Å². The first-order valence-corrected chi connectivity index (χ1v) is 7.73. The van der Waals surface area contributed by atoms with Crippen molar-refractivity contribution in [2.45, 2.75) is 0 Å². The highest BCUT2D eigenvalue weighted by Gasteiger charge is 2.30. The van der Waals surface area contributed by atoms with Crippen LogP contribution in [-0.4, -0.2) is 20.0 Å². The molecule has 0 heterocycles. The number of fused-ring (bicyclic) bond motifs is 3. The average Bonchev–Trinajstić information content (AvgIpc) is 3.01. The standard InChI is InChI=1S/C21H16O3/c1-23-14-7-8-17(20(12-14)24-2)18-10-9-16-15-6-4-3-5-13(15)11-19(16)21(18)22/h3-12H,1-2H3. The van der Waals surface area contributed by atoms with Gasteiger partial charge in [0.15, 0.2) is 5.78 Å². The van der Waals surface area contributed by atoms with E-state index in [-0.39, 0.29) is 5.78 Å². The second-order valence-corrected chi connectivity index (χ2v) is 5.70. The average molecular weight is 316 g/mol. The highest BCUT2D eigenvalue weighted by Crippen LogP contribution is 2.42. The van der Waals surface area contributed by atoms with Gasteiger partial charge in [0.1, 0.15) is 11.5 Å². The van der Waals surface area contributed by atoms with Gasteiger partial charge in [0.25, 0.3) is 0 Å². The maximum Gasteiger partial charge on any atom is 0.194 e. The highest BCUT2D eigenvalue weighted by molar-refractivity contribution is 6.39. The van der Waals surface area contributed by atoms with Crippen LogP contribution in [0.1, 0.15) is 16.7 Å². The summed E-state index contributed by atoms with van der Waals surface area (Å²) in [7, 11) is 3.20. The number of Topliss-reactive ketones (excluding diaryl/α,β-unsaturated/α-hetero) is 1. The van der Waals surface area contributed by atoms with Gasteiger partial charge in [-0.2, -0.15) is 0 Å². The molecular formula is C21H16O3. The molecule has 0 fully saturated rings. The van der Waals surface area contributed by atoms with Crippen LogP contribution in [0.3, 0.4) is 0 Å². The number of methoxy groups -OCH3 is 2. The lowest BCUT2D eigenvalue weighted by Crippen LogP contribution is -2.09. The molecule has 0 radical (unpaired) electrons. The fraction of sp³-hybridized carbons (Fsp3) is 0.0952. The van der Waals surface area contributed by atoms with E-state index in [1.165, 1.54) is 0 Å². The SMILES string of the molecule is COc1ccc(C2=CC=C3C(=Cc4ccccc43)C2=O)c(OC)c1. The first-order chi connectivity index (χ1) is 11.7. The zero-order valence-electron chi connectivity index (χ0n) is 13.5. The Bertz CT molecular complexity index is 945. The van der Waals surface area contributed by atoms with E-state index in [9.17, 15) is 4.79 Å². The van der Waals surface area contributed by atoms with Gasteiger partial charge < -0.3 is 9.47 Å². The number of ketones is 1. The number of carbonyl (C=O) groups excluding carboxylic acids is 1. The quantitative estimate of drug-likeness (QED) is 0.853. The third-order valence-corrected chi connectivity index (χ3v) is 4.45. The monoisotopic (exact) mass is 316 g/mol. The van der Waals surface area contributed by atoms with Gasteiger partial charge in [-0.05, 0) is 41.0 Å². The molecule has 0 saturated carbocycles. The molecule has 2 aliphatic rings. The van der Waals surface area contributed by atoms with E-state index in [1.54, 1.807) is 20.3 Å². The first kappa shape index (κ1) is 14.5. The number of hydrogen-bond acceptors (Lipinski definition) is 3. The molecule has 0 atom stereocenters. The topological polar surface area (TPSA) is 35.5 Å². The van der Waals surface area contributed by atoms with Crippen molar-refractivity contribution in [2.24, 2.45) is 0 Å². The van der Waals surface area contributed by atoms with Crippen molar-refractivity contribution >= 4 is 23.0 Å². The summed E-state index contributed by atoms with van der Waals surface area (Å²) < 4.78 is 10.7. The lowest BCUT2D eigenvalue weighted by Gasteiger charge is -2.17. The molecule has 0 N–H and O–H groups in total. The molecule has 0 spiro atoms. The summed E-state index contributed by atoms with van der Waals surface area (Å²) >= 11 is 0. The molecule has 0 aromatic heterocycles. The van der Waals surface area contributed by atoms with Crippen molar-refractivity contribution < 1.29 is 14.3 Å². The summed E-state index contributed by atoms with van der Waals surface area (Å²) in [6.45, 7) is 0. The van der Waals surface area contributed by atoms with Gasteiger partial charge in [-0.15, -0.1) is 0 Å². The van der Waals surface area contributed by atoms with Gasteiger partial charge >= 0.3 is 0 Å². The Labute approximate surface area is 140 Å². The number of carbonyl (C=O) groups is 1. The van der Waals surface area contributed by atoms with E-state index in [4.69, 9.17) is 9.47 Å². The summed E-state index contributed by atoms with van der Waals surface area (Å²) in [4.78, 5) is 13.0. The maximum atomic E-state index is 13.0. The number of benzene rings is 2. The predicted molar refractivity (Wildman–Crippen MR) is 94.9 cm³/mol. The number of rotatable bonds is 3. The highest BCUT2D eigenvalue weighted by atomic mass is 16.5. The predicted octanol–water partition coefficient (Wildman–Crippen LogP) is 4.15. The Morgan fingerprint density at radius 3 is 2.38 bits per heavy atom. The van der Waals surface area contributed by atoms with Crippen LogP contribution < -0.4 is 9.47 Å². The van der Waals surface area contributed by atoms with Crippen LogP contribution >= 0.6 is 0 Å². The van der Waals surface area contributed by atoms with Crippen LogP contribution in [0.2, 0.25) is 0 Å². The summed E-state index contributed by atoms with van der Waals surface area (Å²) in [5, 5.41) is 0. The molecule has 0 saturated heterocycles. The Balaban J connectivity index is 1.82. The molecule has 0 aliphatic heterocycles. The summed E-state index contributed by atoms with van der Waals surface area (Å²) in [5.74, 6) is 1.34. The van der Waals surface area contributed by atoms with E-state index < -0.39 is 0 Å². The molecular weight excluding hydrogens is 300 g/mol. The second-order valence-electron chi connectivity index (χ2n) is 5.70. The number of hydrogen-bond donors (Lipinski definition) is 0. The lowest BCUT2D eigenvalue weighted by atomic mass is 9.87. The Morgan fingerprint density at radius 2 is 1.58 bits per heavy atom. The molecule has 4 rings (SSSR count). The number of allylic oxidation sites excluding steroid dienone is 5. The van der Waals surface area contributed by atoms with Crippen LogP contribution in [-0.2, 0) is 4.79 Å². The minimum Gasteiger partial charge on any atom is -0.497 e. The van der Waals surface area contributed by atoms with Crippen molar-refractivity contribution in [1.82, 2.24) is 0 Å². The van der Waals surface area contributed by atoms with Crippen molar-refractivity contribution in [3.63, 3.8) is 0 Å². The molecule has 2 aliphatic carbocycles. The van der Waals surface area contributed by atoms with Gasteiger partial charge in [-0.3, -0.25) is 4.79 Å². The van der Waals surface area contributed by atoms with Crippen LogP contribution in [0.15, 0.2) is 60.2 Å². The molecule has 0 bridgehead atoms. The largest absolute Gasteiger partial charge is 0.497 e. The molecule has 24 heavy (non-hydrogen) atoms. The molecule has 0 amide bonds. The Morgan fingerprint density at radius 1 is 0.792 bits per heavy atom. The lowest BCUT2D eigenvalue weighted by molar-refractivity contribution is -0.110. The summed E-state index contributed by atoms with van der Waals surface area (Å²) in [5.41, 5.74) is 5.34. The van der Waals surface area contributed by atoms with Gasteiger partial charge in [0.2, 0.25) is 0 Å². The van der Waals surface area contributed by atoms with E-state index in [2.05, 4.69) is 0 Å². The van der Waals surface area contributed by atoms with E-state index in [1.807, 2.05) is 54.6 Å². The van der Waals surface area contributed by atoms with E-state index in [0.717, 1.165) is 27.8 Å². The van der Waals surface area contributed by atoms with Crippen molar-refractivity contribution in [3.05, 3.63) is 76.9 Å². The minimum absolute atomic E-state index is 0.0205. The molecule has 2 aromatic carbocycles. The van der Waals surface area contributed by atoms with E-state index >= 15 is 0 Å². The molecule has 3 nitrogen and oxygen atoms in total. The third kappa shape index (κ3) is 2.09. The molecule has 2 aromatic rings. The molecule has 0 unspecified atom stereocenters. The van der Waals surface area contributed by atoms with E-state index in [0.29, 0.717) is 17.1 Å². The van der Waals surface area contributed by atoms with Crippen molar-refractivity contribution in [1.29, 1.82) is 0 Å². The Kier molecular flexibility index (Phi) is 3.35. The third-order valence-electron chi connectivity index (χ3n) is 4.45. The minimum atomic E-state index is 0.0205.